The minimum absolute atomic E-state index is 0.353. The van der Waals surface area contributed by atoms with Gasteiger partial charge in [0, 0.05) is 18.3 Å². The molecule has 0 radical (unpaired) electrons. The molecule has 0 N–H and O–H groups in total. The number of aryl methyl sites for hydroxylation is 1. The number of rotatable bonds is 2. The van der Waals surface area contributed by atoms with Gasteiger partial charge in [0.1, 0.15) is 12.1 Å². The highest BCUT2D eigenvalue weighted by Crippen LogP contribution is 2.15. The number of nitriles is 1. The maximum absolute atomic E-state index is 8.82. The van der Waals surface area contributed by atoms with E-state index in [1.807, 2.05) is 6.07 Å². The highest BCUT2D eigenvalue weighted by Gasteiger charge is 2.20. The van der Waals surface area contributed by atoms with Gasteiger partial charge in [-0.3, -0.25) is 0 Å². The third-order valence-electron chi connectivity index (χ3n) is 2.61. The lowest BCUT2D eigenvalue weighted by Gasteiger charge is -2.30. The molecular weight excluding hydrogens is 204 g/mol. The third kappa shape index (κ3) is 2.28. The van der Waals surface area contributed by atoms with Crippen LogP contribution in [0.4, 0.5) is 5.82 Å². The van der Waals surface area contributed by atoms with Gasteiger partial charge in [-0.25, -0.2) is 9.97 Å². The summed E-state index contributed by atoms with van der Waals surface area (Å²) in [5, 5.41) is 8.82. The normalized spacial score (nSPS) is 20.5. The van der Waals surface area contributed by atoms with Gasteiger partial charge >= 0.3 is 0 Å². The van der Waals surface area contributed by atoms with E-state index in [1.165, 1.54) is 0 Å². The first-order valence-corrected chi connectivity index (χ1v) is 5.40. The summed E-state index contributed by atoms with van der Waals surface area (Å²) in [5.41, 5.74) is 1.02. The fourth-order valence-corrected chi connectivity index (χ4v) is 1.69. The van der Waals surface area contributed by atoms with E-state index in [1.54, 1.807) is 6.33 Å². The van der Waals surface area contributed by atoms with E-state index in [0.717, 1.165) is 24.5 Å². The van der Waals surface area contributed by atoms with Crippen molar-refractivity contribution in [1.82, 2.24) is 9.97 Å². The zero-order valence-electron chi connectivity index (χ0n) is 9.26. The topological polar surface area (TPSA) is 62.0 Å². The molecule has 1 unspecified atom stereocenters. The van der Waals surface area contributed by atoms with Gasteiger partial charge in [0.05, 0.1) is 19.2 Å². The number of nitrogens with zero attached hydrogens (tertiary/aromatic N) is 4. The predicted octanol–water partition coefficient (Wildman–Crippen LogP) is 0.768. The maximum atomic E-state index is 8.82. The first kappa shape index (κ1) is 10.8. The van der Waals surface area contributed by atoms with E-state index >= 15 is 0 Å². The number of ether oxygens (including phenoxy) is 1. The van der Waals surface area contributed by atoms with Crippen molar-refractivity contribution in [3.8, 4) is 6.07 Å². The molecule has 5 nitrogen and oxygen atoms in total. The summed E-state index contributed by atoms with van der Waals surface area (Å²) in [6.45, 7) is 3.99. The summed E-state index contributed by atoms with van der Waals surface area (Å²) in [6.07, 6.45) is 2.11. The minimum Gasteiger partial charge on any atom is -0.360 e. The second-order valence-corrected chi connectivity index (χ2v) is 3.66. The Morgan fingerprint density at radius 2 is 2.50 bits per heavy atom. The monoisotopic (exact) mass is 218 g/mol. The zero-order valence-corrected chi connectivity index (χ0v) is 9.26. The van der Waals surface area contributed by atoms with Gasteiger partial charge < -0.3 is 9.64 Å². The Balaban J connectivity index is 2.14. The van der Waals surface area contributed by atoms with Crippen LogP contribution in [-0.4, -0.2) is 35.8 Å². The summed E-state index contributed by atoms with van der Waals surface area (Å²) in [5.74, 6) is 0.885. The van der Waals surface area contributed by atoms with Crippen LogP contribution in [0.15, 0.2) is 12.4 Å². The third-order valence-corrected chi connectivity index (χ3v) is 2.61. The van der Waals surface area contributed by atoms with Gasteiger partial charge in [-0.1, -0.05) is 6.92 Å². The predicted molar refractivity (Wildman–Crippen MR) is 59.0 cm³/mol. The van der Waals surface area contributed by atoms with Crippen LogP contribution in [0.2, 0.25) is 0 Å². The molecule has 84 valence electrons. The molecule has 0 amide bonds. The Bertz CT molecular complexity index is 401. The molecule has 2 rings (SSSR count). The molecule has 16 heavy (non-hydrogen) atoms. The Morgan fingerprint density at radius 3 is 3.25 bits per heavy atom. The summed E-state index contributed by atoms with van der Waals surface area (Å²) in [6, 6.07) is 4.10. The van der Waals surface area contributed by atoms with E-state index in [-0.39, 0.29) is 6.10 Å². The lowest BCUT2D eigenvalue weighted by Crippen LogP contribution is -2.42. The summed E-state index contributed by atoms with van der Waals surface area (Å²) in [7, 11) is 0. The minimum atomic E-state index is -0.353. The fraction of sp³-hybridized carbons (Fsp3) is 0.545. The van der Waals surface area contributed by atoms with Crippen LogP contribution in [0.3, 0.4) is 0 Å². The van der Waals surface area contributed by atoms with Crippen LogP contribution in [0.5, 0.6) is 0 Å². The van der Waals surface area contributed by atoms with Gasteiger partial charge in [-0.15, -0.1) is 0 Å². The maximum Gasteiger partial charge on any atom is 0.161 e. The van der Waals surface area contributed by atoms with Crippen LogP contribution < -0.4 is 4.90 Å². The Hall–Kier alpha value is -1.67. The van der Waals surface area contributed by atoms with Crippen LogP contribution in [0, 0.1) is 11.3 Å². The standard InChI is InChI=1S/C11H14N4O/c1-2-9-5-11(14-8-13-9)15-3-4-16-10(6-12)7-15/h5,8,10H,2-4,7H2,1H3. The largest absolute Gasteiger partial charge is 0.360 e. The van der Waals surface area contributed by atoms with Crippen molar-refractivity contribution in [3.05, 3.63) is 18.1 Å². The van der Waals surface area contributed by atoms with E-state index in [9.17, 15) is 0 Å². The first-order valence-electron chi connectivity index (χ1n) is 5.40. The van der Waals surface area contributed by atoms with Gasteiger partial charge in [-0.2, -0.15) is 5.26 Å². The number of hydrogen-bond acceptors (Lipinski definition) is 5. The molecule has 1 saturated heterocycles. The van der Waals surface area contributed by atoms with Crippen molar-refractivity contribution in [1.29, 1.82) is 5.26 Å². The average molecular weight is 218 g/mol. The molecule has 0 aromatic carbocycles. The van der Waals surface area contributed by atoms with Crippen molar-refractivity contribution in [2.45, 2.75) is 19.4 Å². The quantitative estimate of drug-likeness (QED) is 0.733. The van der Waals surface area contributed by atoms with E-state index in [2.05, 4.69) is 27.9 Å². The lowest BCUT2D eigenvalue weighted by molar-refractivity contribution is 0.0761. The van der Waals surface area contributed by atoms with Gasteiger partial charge in [0.15, 0.2) is 6.10 Å². The highest BCUT2D eigenvalue weighted by atomic mass is 16.5. The van der Waals surface area contributed by atoms with Crippen LogP contribution in [0.25, 0.3) is 0 Å². The van der Waals surface area contributed by atoms with Crippen molar-refractivity contribution in [2.24, 2.45) is 0 Å². The van der Waals surface area contributed by atoms with Crippen LogP contribution in [-0.2, 0) is 11.2 Å². The number of hydrogen-bond donors (Lipinski definition) is 0. The average Bonchev–Trinajstić information content (AvgIpc) is 2.39. The molecule has 1 aliphatic rings. The molecular formula is C11H14N4O. The lowest BCUT2D eigenvalue weighted by atomic mass is 10.2. The Labute approximate surface area is 94.7 Å². The Morgan fingerprint density at radius 1 is 1.62 bits per heavy atom. The number of morpholine rings is 1. The molecule has 0 aliphatic carbocycles. The van der Waals surface area contributed by atoms with Crippen molar-refractivity contribution in [3.63, 3.8) is 0 Å². The van der Waals surface area contributed by atoms with E-state index in [0.29, 0.717) is 13.2 Å². The molecule has 0 spiro atoms. The fourth-order valence-electron chi connectivity index (χ4n) is 1.69. The molecule has 1 aromatic heterocycles. The van der Waals surface area contributed by atoms with E-state index in [4.69, 9.17) is 10.00 Å². The molecule has 1 fully saturated rings. The van der Waals surface area contributed by atoms with Gasteiger partial charge in [0.25, 0.3) is 0 Å². The molecule has 2 heterocycles. The van der Waals surface area contributed by atoms with Gasteiger partial charge in [-0.05, 0) is 6.42 Å². The molecule has 0 bridgehead atoms. The second-order valence-electron chi connectivity index (χ2n) is 3.66. The highest BCUT2D eigenvalue weighted by molar-refractivity contribution is 5.40. The zero-order chi connectivity index (χ0) is 11.4. The Kier molecular flexibility index (Phi) is 3.32. The van der Waals surface area contributed by atoms with Gasteiger partial charge in [0.2, 0.25) is 0 Å². The molecule has 1 aliphatic heterocycles. The van der Waals surface area contributed by atoms with E-state index < -0.39 is 0 Å². The first-order chi connectivity index (χ1) is 7.83. The molecule has 5 heteroatoms. The molecule has 1 atom stereocenters. The number of aromatic nitrogens is 2. The smallest absolute Gasteiger partial charge is 0.161 e. The van der Waals surface area contributed by atoms with Crippen molar-refractivity contribution >= 4 is 5.82 Å². The summed E-state index contributed by atoms with van der Waals surface area (Å²) in [4.78, 5) is 10.5. The SMILES string of the molecule is CCc1cc(N2CCOC(C#N)C2)ncn1. The summed E-state index contributed by atoms with van der Waals surface area (Å²) < 4.78 is 5.29. The second kappa shape index (κ2) is 4.90. The van der Waals surface area contributed by atoms with Crippen molar-refractivity contribution in [2.75, 3.05) is 24.6 Å². The molecule has 0 saturated carbocycles. The summed E-state index contributed by atoms with van der Waals surface area (Å²) >= 11 is 0. The van der Waals surface area contributed by atoms with Crippen molar-refractivity contribution < 1.29 is 4.74 Å². The van der Waals surface area contributed by atoms with Crippen LogP contribution >= 0.6 is 0 Å². The molecule has 1 aromatic rings. The van der Waals surface area contributed by atoms with Crippen LogP contribution in [0.1, 0.15) is 12.6 Å². The number of anilines is 1.